The van der Waals surface area contributed by atoms with Crippen LogP contribution in [0.2, 0.25) is 0 Å². The molecule has 0 aliphatic carbocycles. The highest BCUT2D eigenvalue weighted by atomic mass is 32.2. The maximum Gasteiger partial charge on any atom is 0.156 e. The number of nitrogens with one attached hydrogen (secondary N) is 2. The second-order valence-corrected chi connectivity index (χ2v) is 8.51. The molecule has 0 bridgehead atoms. The maximum atomic E-state index is 4.82. The molecule has 2 N–H and O–H groups in total. The van der Waals surface area contributed by atoms with Gasteiger partial charge in [-0.05, 0) is 24.6 Å². The van der Waals surface area contributed by atoms with Crippen LogP contribution in [0, 0.1) is 0 Å². The van der Waals surface area contributed by atoms with E-state index < -0.39 is 0 Å². The first-order valence-electron chi connectivity index (χ1n) is 9.18. The number of allylic oxidation sites excluding steroid dienone is 2. The van der Waals surface area contributed by atoms with Crippen LogP contribution < -0.4 is 10.0 Å². The smallest absolute Gasteiger partial charge is 0.156 e. The van der Waals surface area contributed by atoms with E-state index in [1.807, 2.05) is 26.5 Å². The Bertz CT molecular complexity index is 1060. The molecule has 2 aliphatic rings. The van der Waals surface area contributed by atoms with E-state index in [0.717, 1.165) is 47.0 Å². The summed E-state index contributed by atoms with van der Waals surface area (Å²) in [5.74, 6) is 1.69. The van der Waals surface area contributed by atoms with Crippen molar-refractivity contribution in [2.24, 2.45) is 12.0 Å². The largest absolute Gasteiger partial charge is 0.371 e. The molecule has 2 aliphatic heterocycles. The Labute approximate surface area is 167 Å². The van der Waals surface area contributed by atoms with Gasteiger partial charge in [0, 0.05) is 37.8 Å². The van der Waals surface area contributed by atoms with E-state index >= 15 is 0 Å². The third-order valence-corrected chi connectivity index (χ3v) is 6.45. The predicted octanol–water partition coefficient (Wildman–Crippen LogP) is 2.78. The Balaban J connectivity index is 1.61. The van der Waals surface area contributed by atoms with Crippen molar-refractivity contribution in [1.82, 2.24) is 19.4 Å². The lowest BCUT2D eigenvalue weighted by Gasteiger charge is -2.14. The van der Waals surface area contributed by atoms with Crippen LogP contribution in [0.15, 0.2) is 47.1 Å². The van der Waals surface area contributed by atoms with E-state index in [9.17, 15) is 0 Å². The van der Waals surface area contributed by atoms with Crippen molar-refractivity contribution >= 4 is 44.4 Å². The van der Waals surface area contributed by atoms with Crippen LogP contribution in [0.3, 0.4) is 0 Å². The van der Waals surface area contributed by atoms with Crippen LogP contribution in [0.5, 0.6) is 0 Å². The summed E-state index contributed by atoms with van der Waals surface area (Å²) >= 11 is 0. The number of imidazole rings is 1. The molecule has 4 rings (SSSR count). The zero-order valence-corrected chi connectivity index (χ0v) is 17.3. The van der Waals surface area contributed by atoms with Crippen LogP contribution in [0.4, 0.5) is 11.6 Å². The van der Waals surface area contributed by atoms with Gasteiger partial charge in [-0.2, -0.15) is 0 Å². The predicted molar refractivity (Wildman–Crippen MR) is 122 cm³/mol. The van der Waals surface area contributed by atoms with Gasteiger partial charge in [0.25, 0.3) is 0 Å². The zero-order valence-electron chi connectivity index (χ0n) is 16.4. The van der Waals surface area contributed by atoms with Gasteiger partial charge in [-0.15, -0.1) is 6.58 Å². The molecule has 0 saturated carbocycles. The summed E-state index contributed by atoms with van der Waals surface area (Å²) in [5, 5.41) is 5.41. The fourth-order valence-electron chi connectivity index (χ4n) is 3.37. The van der Waals surface area contributed by atoms with Crippen molar-refractivity contribution in [3.05, 3.63) is 47.7 Å². The Kier molecular flexibility index (Phi) is 5.15. The molecule has 4 heterocycles. The highest BCUT2D eigenvalue weighted by molar-refractivity contribution is 8.20. The number of hydrogen-bond donors (Lipinski definition) is 2. The summed E-state index contributed by atoms with van der Waals surface area (Å²) in [7, 11) is 5.72. The third-order valence-electron chi connectivity index (χ3n) is 4.74. The molecule has 7 nitrogen and oxygen atoms in total. The van der Waals surface area contributed by atoms with Crippen LogP contribution in [-0.2, 0) is 7.05 Å². The Hall–Kier alpha value is -2.71. The number of fused-ring (bicyclic) bond motifs is 3. The zero-order chi connectivity index (χ0) is 19.7. The van der Waals surface area contributed by atoms with E-state index in [2.05, 4.69) is 61.7 Å². The first kappa shape index (κ1) is 18.6. The van der Waals surface area contributed by atoms with E-state index in [0.29, 0.717) is 6.54 Å². The van der Waals surface area contributed by atoms with Crippen LogP contribution in [0.1, 0.15) is 5.56 Å². The van der Waals surface area contributed by atoms with Gasteiger partial charge in [0.1, 0.15) is 11.3 Å². The molecule has 146 valence electrons. The summed E-state index contributed by atoms with van der Waals surface area (Å²) in [6.07, 6.45) is 10.1. The number of hydrogen-bond acceptors (Lipinski definition) is 6. The molecule has 0 fully saturated rings. The Morgan fingerprint density at radius 2 is 2.32 bits per heavy atom. The fourth-order valence-corrected chi connectivity index (χ4v) is 4.97. The minimum Gasteiger partial charge on any atom is -0.371 e. The molecule has 0 spiro atoms. The molecule has 0 amide bonds. The first-order valence-corrected chi connectivity index (χ1v) is 10.5. The van der Waals surface area contributed by atoms with E-state index in [-0.39, 0.29) is 10.7 Å². The standard InChI is InChI=1S/C20H25N7S/c1-5-9-26(3)11-14-7-6-8-15(10-22-14)28-12-16-18-17(23-13-27(18)4)20(21-2)24-19(16)25-28/h5-8,12-13H,1,9-11H2,2-4H3,(H2,21,24,25). The molecule has 0 aromatic carbocycles. The number of likely N-dealkylation sites (N-methyl/N-ethyl adjacent to an activating group) is 1. The van der Waals surface area contributed by atoms with Gasteiger partial charge >= 0.3 is 0 Å². The van der Waals surface area contributed by atoms with Crippen molar-refractivity contribution in [2.75, 3.05) is 43.8 Å². The summed E-state index contributed by atoms with van der Waals surface area (Å²) in [5.41, 5.74) is 4.19. The SMILES string of the molecule is C=CCN(C)CC1=NCC(S2=Cc3c(nc(NC)c4ncn(C)c34)N2)=CC=C1. The molecule has 1 atom stereocenters. The molecule has 0 radical (unpaired) electrons. The number of aryl methyl sites for hydroxylation is 1. The van der Waals surface area contributed by atoms with Gasteiger partial charge in [-0.25, -0.2) is 9.97 Å². The number of aromatic nitrogens is 3. The van der Waals surface area contributed by atoms with Crippen molar-refractivity contribution in [2.45, 2.75) is 0 Å². The number of anilines is 2. The van der Waals surface area contributed by atoms with E-state index in [4.69, 9.17) is 9.98 Å². The Morgan fingerprint density at radius 1 is 1.46 bits per heavy atom. The Morgan fingerprint density at radius 3 is 3.11 bits per heavy atom. The minimum atomic E-state index is -0.244. The number of pyridine rings is 1. The molecule has 2 aromatic heterocycles. The average Bonchev–Trinajstić information content (AvgIpc) is 3.19. The molecular formula is C20H25N7S. The van der Waals surface area contributed by atoms with Crippen molar-refractivity contribution in [3.8, 4) is 0 Å². The summed E-state index contributed by atoms with van der Waals surface area (Å²) < 4.78 is 5.63. The van der Waals surface area contributed by atoms with Gasteiger partial charge in [0.15, 0.2) is 5.82 Å². The van der Waals surface area contributed by atoms with Gasteiger partial charge < -0.3 is 14.6 Å². The number of nitrogens with zero attached hydrogens (tertiary/aromatic N) is 5. The molecule has 0 saturated heterocycles. The van der Waals surface area contributed by atoms with Gasteiger partial charge in [-0.3, -0.25) is 9.89 Å². The van der Waals surface area contributed by atoms with Gasteiger partial charge in [-0.1, -0.05) is 22.8 Å². The lowest BCUT2D eigenvalue weighted by Crippen LogP contribution is -2.25. The lowest BCUT2D eigenvalue weighted by atomic mass is 10.2. The fraction of sp³-hybridized carbons (Fsp3) is 0.300. The van der Waals surface area contributed by atoms with Crippen molar-refractivity contribution in [1.29, 1.82) is 0 Å². The van der Waals surface area contributed by atoms with Crippen LogP contribution >= 0.6 is 10.7 Å². The van der Waals surface area contributed by atoms with Gasteiger partial charge in [0.2, 0.25) is 0 Å². The van der Waals surface area contributed by atoms with Crippen LogP contribution in [-0.4, -0.2) is 64.2 Å². The molecular weight excluding hydrogens is 370 g/mol. The number of aliphatic imine (C=N–C) groups is 1. The highest BCUT2D eigenvalue weighted by Gasteiger charge is 2.22. The summed E-state index contributed by atoms with van der Waals surface area (Å²) in [6, 6.07) is 0. The molecule has 28 heavy (non-hydrogen) atoms. The molecule has 2 aromatic rings. The summed E-state index contributed by atoms with van der Waals surface area (Å²) in [6.45, 7) is 6.14. The average molecular weight is 396 g/mol. The van der Waals surface area contributed by atoms with E-state index in [1.165, 1.54) is 4.91 Å². The monoisotopic (exact) mass is 395 g/mol. The van der Waals surface area contributed by atoms with Crippen molar-refractivity contribution in [3.63, 3.8) is 0 Å². The lowest BCUT2D eigenvalue weighted by molar-refractivity contribution is 0.425. The van der Waals surface area contributed by atoms with E-state index in [1.54, 1.807) is 0 Å². The van der Waals surface area contributed by atoms with Crippen LogP contribution in [0.25, 0.3) is 11.0 Å². The molecule has 1 unspecified atom stereocenters. The first-order chi connectivity index (χ1) is 13.6. The molecule has 8 heteroatoms. The minimum absolute atomic E-state index is 0.244. The summed E-state index contributed by atoms with van der Waals surface area (Å²) in [4.78, 5) is 17.5. The third kappa shape index (κ3) is 3.41. The van der Waals surface area contributed by atoms with Gasteiger partial charge in [0.05, 0.1) is 24.0 Å². The van der Waals surface area contributed by atoms with Crippen molar-refractivity contribution < 1.29 is 0 Å². The topological polar surface area (TPSA) is 70.4 Å². The second-order valence-electron chi connectivity index (χ2n) is 6.87. The second kappa shape index (κ2) is 7.73. The highest BCUT2D eigenvalue weighted by Crippen LogP contribution is 2.39. The quantitative estimate of drug-likeness (QED) is 0.581. The maximum absolute atomic E-state index is 4.82. The number of rotatable bonds is 6. The normalized spacial score (nSPS) is 18.2.